The highest BCUT2D eigenvalue weighted by molar-refractivity contribution is 7.85. The van der Waals surface area contributed by atoms with Crippen LogP contribution in [0.15, 0.2) is 49.8 Å². The lowest BCUT2D eigenvalue weighted by Crippen LogP contribution is -2.10. The summed E-state index contributed by atoms with van der Waals surface area (Å²) in [5.41, 5.74) is 0.357. The van der Waals surface area contributed by atoms with Crippen molar-refractivity contribution in [3.63, 3.8) is 0 Å². The summed E-state index contributed by atoms with van der Waals surface area (Å²) >= 11 is 4.12. The van der Waals surface area contributed by atoms with Crippen LogP contribution in [0.2, 0.25) is 0 Å². The van der Waals surface area contributed by atoms with Gasteiger partial charge < -0.3 is 0 Å². The van der Waals surface area contributed by atoms with Crippen molar-refractivity contribution < 1.29 is 13.0 Å². The first-order chi connectivity index (χ1) is 7.42. The van der Waals surface area contributed by atoms with Crippen molar-refractivity contribution >= 4 is 22.7 Å². The van der Waals surface area contributed by atoms with Crippen molar-refractivity contribution in [1.29, 1.82) is 0 Å². The van der Waals surface area contributed by atoms with Crippen molar-refractivity contribution in [3.8, 4) is 0 Å². The lowest BCUT2D eigenvalue weighted by molar-refractivity contribution is 0.483. The van der Waals surface area contributed by atoms with Crippen LogP contribution in [0, 0.1) is 0 Å². The SMILES string of the molecule is O=S(=O)(O)c1cccc(C2(S)N=NN=N2)c1. The predicted molar refractivity (Wildman–Crippen MR) is 56.6 cm³/mol. The molecule has 1 heterocycles. The van der Waals surface area contributed by atoms with Crippen LogP contribution >= 0.6 is 12.6 Å². The average Bonchev–Trinajstić information content (AvgIpc) is 2.66. The normalized spacial score (nSPS) is 17.9. The van der Waals surface area contributed by atoms with E-state index in [1.807, 2.05) is 0 Å². The minimum atomic E-state index is -4.26. The fraction of sp³-hybridized carbons (Fsp3) is 0.143. The van der Waals surface area contributed by atoms with Gasteiger partial charge in [-0.05, 0) is 22.6 Å². The summed E-state index contributed by atoms with van der Waals surface area (Å²) in [6, 6.07) is 5.47. The molecule has 1 aliphatic rings. The summed E-state index contributed by atoms with van der Waals surface area (Å²) in [5, 5.41) is 13.9. The van der Waals surface area contributed by atoms with E-state index in [4.69, 9.17) is 4.55 Å². The van der Waals surface area contributed by atoms with Crippen LogP contribution in [0.25, 0.3) is 0 Å². The number of nitrogens with zero attached hydrogens (tertiary/aromatic N) is 4. The van der Waals surface area contributed by atoms with Gasteiger partial charge in [-0.15, -0.1) is 22.9 Å². The molecule has 1 aromatic rings. The van der Waals surface area contributed by atoms with Gasteiger partial charge in [0.15, 0.2) is 0 Å². The standard InChI is InChI=1S/C7H6N4O3S2/c12-16(13,14)6-3-1-2-5(4-6)7(15)8-10-11-9-7/h1-4,15H,(H,12,13,14). The fourth-order valence-electron chi connectivity index (χ4n) is 1.17. The van der Waals surface area contributed by atoms with Crippen LogP contribution in [-0.4, -0.2) is 13.0 Å². The molecule has 0 aromatic heterocycles. The number of hydrogen-bond donors (Lipinski definition) is 2. The maximum Gasteiger partial charge on any atom is 0.294 e. The maximum absolute atomic E-state index is 10.9. The smallest absolute Gasteiger partial charge is 0.282 e. The first-order valence-corrected chi connectivity index (χ1v) is 5.95. The quantitative estimate of drug-likeness (QED) is 0.624. The second kappa shape index (κ2) is 3.61. The van der Waals surface area contributed by atoms with Gasteiger partial charge in [-0.2, -0.15) is 8.42 Å². The molecular formula is C7H6N4O3S2. The monoisotopic (exact) mass is 258 g/mol. The number of rotatable bonds is 2. The highest BCUT2D eigenvalue weighted by Crippen LogP contribution is 2.36. The topological polar surface area (TPSA) is 104 Å². The Labute approximate surface area is 96.4 Å². The molecule has 0 spiro atoms. The van der Waals surface area contributed by atoms with Crippen LogP contribution in [0.1, 0.15) is 5.56 Å². The van der Waals surface area contributed by atoms with Gasteiger partial charge in [0, 0.05) is 5.56 Å². The third kappa shape index (κ3) is 1.96. The molecule has 0 saturated heterocycles. The van der Waals surface area contributed by atoms with Crippen LogP contribution in [-0.2, 0) is 15.1 Å². The molecule has 0 fully saturated rings. The minimum Gasteiger partial charge on any atom is -0.282 e. The molecule has 0 unspecified atom stereocenters. The van der Waals surface area contributed by atoms with E-state index in [2.05, 4.69) is 33.3 Å². The first-order valence-electron chi connectivity index (χ1n) is 4.06. The zero-order valence-electron chi connectivity index (χ0n) is 7.72. The van der Waals surface area contributed by atoms with Crippen molar-refractivity contribution in [1.82, 2.24) is 0 Å². The molecule has 0 atom stereocenters. The summed E-state index contributed by atoms with van der Waals surface area (Å²) in [4.78, 5) is -1.57. The molecule has 1 N–H and O–H groups in total. The maximum atomic E-state index is 10.9. The summed E-state index contributed by atoms with van der Waals surface area (Å²) in [5.74, 6) is 0. The second-order valence-electron chi connectivity index (χ2n) is 3.02. The van der Waals surface area contributed by atoms with Crippen LogP contribution in [0.5, 0.6) is 0 Å². The highest BCUT2D eigenvalue weighted by Gasteiger charge is 2.31. The minimum absolute atomic E-state index is 0.254. The Hall–Kier alpha value is -1.32. The van der Waals surface area contributed by atoms with Crippen LogP contribution in [0.3, 0.4) is 0 Å². The van der Waals surface area contributed by atoms with E-state index in [9.17, 15) is 8.42 Å². The molecule has 0 aliphatic carbocycles. The number of hydrogen-bond acceptors (Lipinski definition) is 7. The van der Waals surface area contributed by atoms with Gasteiger partial charge in [0.05, 0.1) is 4.90 Å². The van der Waals surface area contributed by atoms with Gasteiger partial charge in [-0.25, -0.2) is 0 Å². The Morgan fingerprint density at radius 2 is 1.88 bits per heavy atom. The van der Waals surface area contributed by atoms with E-state index < -0.39 is 15.1 Å². The molecule has 84 valence electrons. The van der Waals surface area contributed by atoms with E-state index in [1.165, 1.54) is 18.2 Å². The molecule has 0 bridgehead atoms. The lowest BCUT2D eigenvalue weighted by Gasteiger charge is -2.13. The zero-order valence-corrected chi connectivity index (χ0v) is 9.43. The Bertz CT molecular complexity index is 569. The molecule has 7 nitrogen and oxygen atoms in total. The molecule has 1 aliphatic heterocycles. The largest absolute Gasteiger partial charge is 0.294 e. The molecule has 2 rings (SSSR count). The lowest BCUT2D eigenvalue weighted by atomic mass is 10.2. The Balaban J connectivity index is 2.53. The third-order valence-electron chi connectivity index (χ3n) is 1.93. The number of benzene rings is 1. The van der Waals surface area contributed by atoms with E-state index in [-0.39, 0.29) is 4.90 Å². The van der Waals surface area contributed by atoms with Gasteiger partial charge in [-0.3, -0.25) is 4.55 Å². The van der Waals surface area contributed by atoms with Gasteiger partial charge in [0.1, 0.15) is 0 Å². The van der Waals surface area contributed by atoms with Gasteiger partial charge in [0.25, 0.3) is 15.1 Å². The zero-order chi connectivity index (χ0) is 11.8. The Kier molecular flexibility index (Phi) is 2.52. The van der Waals surface area contributed by atoms with Gasteiger partial charge in [0.2, 0.25) is 0 Å². The first kappa shape index (κ1) is 11.2. The van der Waals surface area contributed by atoms with Gasteiger partial charge in [-0.1, -0.05) is 12.1 Å². The summed E-state index contributed by atoms with van der Waals surface area (Å²) in [6.07, 6.45) is 0. The highest BCUT2D eigenvalue weighted by atomic mass is 32.2. The van der Waals surface area contributed by atoms with E-state index in [1.54, 1.807) is 6.07 Å². The van der Waals surface area contributed by atoms with Crippen LogP contribution in [0.4, 0.5) is 0 Å². The molecule has 9 heteroatoms. The third-order valence-corrected chi connectivity index (χ3v) is 3.21. The Morgan fingerprint density at radius 1 is 1.25 bits per heavy atom. The van der Waals surface area contributed by atoms with Crippen molar-refractivity contribution in [3.05, 3.63) is 29.8 Å². The number of thiol groups is 1. The summed E-state index contributed by atoms with van der Waals surface area (Å²) in [6.45, 7) is 0. The molecular weight excluding hydrogens is 252 g/mol. The fourth-order valence-corrected chi connectivity index (χ4v) is 1.91. The molecule has 0 saturated carbocycles. The molecule has 16 heavy (non-hydrogen) atoms. The Morgan fingerprint density at radius 3 is 2.44 bits per heavy atom. The van der Waals surface area contributed by atoms with Gasteiger partial charge >= 0.3 is 0 Å². The molecule has 0 amide bonds. The summed E-state index contributed by atoms with van der Waals surface area (Å²) < 4.78 is 30.7. The molecule has 1 aromatic carbocycles. The predicted octanol–water partition coefficient (Wildman–Crippen LogP) is 1.81. The van der Waals surface area contributed by atoms with Crippen molar-refractivity contribution in [2.24, 2.45) is 20.7 Å². The van der Waals surface area contributed by atoms with Crippen molar-refractivity contribution in [2.75, 3.05) is 0 Å². The van der Waals surface area contributed by atoms with E-state index >= 15 is 0 Å². The van der Waals surface area contributed by atoms with E-state index in [0.717, 1.165) is 0 Å². The van der Waals surface area contributed by atoms with Crippen molar-refractivity contribution in [2.45, 2.75) is 9.89 Å². The van der Waals surface area contributed by atoms with Crippen LogP contribution < -0.4 is 0 Å². The molecule has 0 radical (unpaired) electrons. The van der Waals surface area contributed by atoms with E-state index in [0.29, 0.717) is 5.56 Å². The second-order valence-corrected chi connectivity index (χ2v) is 5.06. The average molecular weight is 258 g/mol. The summed E-state index contributed by atoms with van der Waals surface area (Å²) in [7, 11) is -4.26.